The van der Waals surface area contributed by atoms with Crippen molar-refractivity contribution in [2.45, 2.75) is 18.8 Å². The number of anilines is 2. The van der Waals surface area contributed by atoms with Gasteiger partial charge in [-0.3, -0.25) is 10.4 Å². The first-order valence-electron chi connectivity index (χ1n) is 4.65. The Morgan fingerprint density at radius 2 is 2.07 bits per heavy atom. The fourth-order valence-electron chi connectivity index (χ4n) is 1.53. The lowest BCUT2D eigenvalue weighted by atomic mass is 10.1. The second kappa shape index (κ2) is 3.31. The minimum atomic E-state index is 0.649. The first-order valence-corrected chi connectivity index (χ1v) is 4.65. The normalized spacial score (nSPS) is 15.2. The molecule has 1 aromatic carbocycles. The molecule has 1 aromatic rings. The van der Waals surface area contributed by atoms with E-state index in [-0.39, 0.29) is 0 Å². The van der Waals surface area contributed by atoms with Crippen molar-refractivity contribution in [3.8, 4) is 0 Å². The van der Waals surface area contributed by atoms with Crippen LogP contribution in [0.15, 0.2) is 18.2 Å². The molecule has 14 heavy (non-hydrogen) atoms. The van der Waals surface area contributed by atoms with Crippen LogP contribution in [0.5, 0.6) is 0 Å². The second-order valence-electron chi connectivity index (χ2n) is 3.67. The van der Waals surface area contributed by atoms with Crippen LogP contribution in [-0.4, -0.2) is 6.34 Å². The minimum absolute atomic E-state index is 0.649. The maximum atomic E-state index is 7.05. The van der Waals surface area contributed by atoms with E-state index in [4.69, 9.17) is 17.0 Å². The number of nitrogens with one attached hydrogen (secondary N) is 1. The molecule has 1 fully saturated rings. The van der Waals surface area contributed by atoms with E-state index >= 15 is 0 Å². The van der Waals surface area contributed by atoms with Gasteiger partial charge in [0.25, 0.3) is 0 Å². The molecule has 0 atom stereocenters. The lowest BCUT2D eigenvalue weighted by molar-refractivity contribution is 1.10. The monoisotopic (exact) mass is 190 g/mol. The third-order valence-electron chi connectivity index (χ3n) is 2.45. The maximum absolute atomic E-state index is 7.05. The van der Waals surface area contributed by atoms with E-state index < -0.39 is 0 Å². The van der Waals surface area contributed by atoms with E-state index in [0.29, 0.717) is 11.6 Å². The van der Waals surface area contributed by atoms with E-state index in [1.165, 1.54) is 23.4 Å². The van der Waals surface area contributed by atoms with Crippen molar-refractivity contribution in [1.29, 1.82) is 5.41 Å². The van der Waals surface area contributed by atoms with Crippen LogP contribution in [0.4, 0.5) is 11.4 Å². The van der Waals surface area contributed by atoms with Crippen LogP contribution in [0.25, 0.3) is 0 Å². The number of nitrogens with zero attached hydrogens (tertiary/aromatic N) is 1. The molecule has 0 aromatic heterocycles. The van der Waals surface area contributed by atoms with Crippen LogP contribution < -0.4 is 16.6 Å². The van der Waals surface area contributed by atoms with Crippen LogP contribution in [-0.2, 0) is 0 Å². The van der Waals surface area contributed by atoms with E-state index in [0.717, 1.165) is 12.0 Å². The zero-order valence-electron chi connectivity index (χ0n) is 7.90. The van der Waals surface area contributed by atoms with Crippen molar-refractivity contribution in [2.75, 3.05) is 10.7 Å². The average Bonchev–Trinajstić information content (AvgIpc) is 2.98. The number of nitrogens with two attached hydrogens (primary N) is 2. The van der Waals surface area contributed by atoms with E-state index in [1.807, 2.05) is 12.1 Å². The van der Waals surface area contributed by atoms with Gasteiger partial charge in [0.1, 0.15) is 6.34 Å². The highest BCUT2D eigenvalue weighted by Gasteiger charge is 2.24. The summed E-state index contributed by atoms with van der Waals surface area (Å²) < 4.78 is 0. The Balaban J connectivity index is 2.35. The molecular weight excluding hydrogens is 176 g/mol. The molecule has 2 rings (SSSR count). The van der Waals surface area contributed by atoms with Gasteiger partial charge in [-0.25, -0.2) is 5.84 Å². The molecule has 1 aliphatic carbocycles. The smallest absolute Gasteiger partial charge is 0.101 e. The summed E-state index contributed by atoms with van der Waals surface area (Å²) in [5, 5.41) is 8.31. The summed E-state index contributed by atoms with van der Waals surface area (Å²) >= 11 is 0. The summed E-state index contributed by atoms with van der Waals surface area (Å²) in [6, 6.07) is 5.76. The van der Waals surface area contributed by atoms with Crippen LogP contribution in [0.1, 0.15) is 24.3 Å². The quantitative estimate of drug-likeness (QED) is 0.222. The van der Waals surface area contributed by atoms with E-state index in [1.54, 1.807) is 6.07 Å². The van der Waals surface area contributed by atoms with Crippen LogP contribution >= 0.6 is 0 Å². The van der Waals surface area contributed by atoms with Crippen LogP contribution in [0.3, 0.4) is 0 Å². The average molecular weight is 190 g/mol. The highest BCUT2D eigenvalue weighted by Crippen LogP contribution is 2.41. The van der Waals surface area contributed by atoms with Crippen molar-refractivity contribution < 1.29 is 0 Å². The molecule has 0 saturated heterocycles. The lowest BCUT2D eigenvalue weighted by Gasteiger charge is -2.14. The molecule has 4 heteroatoms. The molecule has 1 saturated carbocycles. The summed E-state index contributed by atoms with van der Waals surface area (Å²) in [5.41, 5.74) is 8.48. The zero-order chi connectivity index (χ0) is 10.1. The molecular formula is C10H14N4. The Morgan fingerprint density at radius 3 is 2.64 bits per heavy atom. The summed E-state index contributed by atoms with van der Waals surface area (Å²) in [6.07, 6.45) is 3.54. The summed E-state index contributed by atoms with van der Waals surface area (Å²) in [4.78, 5) is 0. The Hall–Kier alpha value is -1.55. The zero-order valence-corrected chi connectivity index (χ0v) is 7.90. The van der Waals surface area contributed by atoms with Crippen LogP contribution in [0.2, 0.25) is 0 Å². The number of hydrazine groups is 1. The number of hydrogen-bond donors (Lipinski definition) is 3. The fourth-order valence-corrected chi connectivity index (χ4v) is 1.53. The summed E-state index contributed by atoms with van der Waals surface area (Å²) in [6.45, 7) is 0. The van der Waals surface area contributed by atoms with E-state index in [2.05, 4.69) is 0 Å². The topological polar surface area (TPSA) is 79.1 Å². The van der Waals surface area contributed by atoms with Crippen molar-refractivity contribution in [3.05, 3.63) is 23.8 Å². The van der Waals surface area contributed by atoms with Gasteiger partial charge in [0.15, 0.2) is 0 Å². The highest BCUT2D eigenvalue weighted by molar-refractivity contribution is 5.77. The first-order chi connectivity index (χ1) is 6.70. The molecule has 0 spiro atoms. The molecule has 4 nitrogen and oxygen atoms in total. The van der Waals surface area contributed by atoms with Crippen LogP contribution in [0, 0.1) is 5.41 Å². The van der Waals surface area contributed by atoms with Gasteiger partial charge < -0.3 is 5.73 Å². The van der Waals surface area contributed by atoms with Crippen molar-refractivity contribution in [1.82, 2.24) is 0 Å². The number of hydrogen-bond acceptors (Lipinski definition) is 3. The summed E-state index contributed by atoms with van der Waals surface area (Å²) in [5.74, 6) is 6.24. The minimum Gasteiger partial charge on any atom is -0.399 e. The van der Waals surface area contributed by atoms with Gasteiger partial charge in [0.05, 0.1) is 5.69 Å². The molecule has 0 radical (unpaired) electrons. The standard InChI is InChI=1S/C10H14N4/c11-6-14(13)10-4-8(7-1-2-7)3-9(12)5-10/h3-7,11H,1-2,12-13H2. The van der Waals surface area contributed by atoms with Gasteiger partial charge in [-0.05, 0) is 42.5 Å². The van der Waals surface area contributed by atoms with Gasteiger partial charge in [-0.1, -0.05) is 0 Å². The third kappa shape index (κ3) is 1.70. The molecule has 1 aliphatic rings. The van der Waals surface area contributed by atoms with Gasteiger partial charge in [-0.15, -0.1) is 0 Å². The predicted molar refractivity (Wildman–Crippen MR) is 58.3 cm³/mol. The SMILES string of the molecule is N=CN(N)c1cc(N)cc(C2CC2)c1. The predicted octanol–water partition coefficient (Wildman–Crippen LogP) is 1.43. The van der Waals surface area contributed by atoms with Gasteiger partial charge in [-0.2, -0.15) is 0 Å². The highest BCUT2D eigenvalue weighted by atomic mass is 15.4. The maximum Gasteiger partial charge on any atom is 0.101 e. The molecule has 0 heterocycles. The van der Waals surface area contributed by atoms with Crippen molar-refractivity contribution in [2.24, 2.45) is 5.84 Å². The Labute approximate surface area is 83.0 Å². The molecule has 5 N–H and O–H groups in total. The largest absolute Gasteiger partial charge is 0.399 e. The third-order valence-corrected chi connectivity index (χ3v) is 2.45. The lowest BCUT2D eigenvalue weighted by Crippen LogP contribution is -2.28. The Morgan fingerprint density at radius 1 is 1.36 bits per heavy atom. The van der Waals surface area contributed by atoms with Gasteiger partial charge in [0.2, 0.25) is 0 Å². The van der Waals surface area contributed by atoms with Crippen molar-refractivity contribution >= 4 is 17.7 Å². The number of rotatable bonds is 3. The molecule has 0 amide bonds. The molecule has 74 valence electrons. The Bertz CT molecular complexity index is 357. The molecule has 0 unspecified atom stereocenters. The Kier molecular flexibility index (Phi) is 2.13. The summed E-state index contributed by atoms with van der Waals surface area (Å²) in [7, 11) is 0. The van der Waals surface area contributed by atoms with Gasteiger partial charge in [0, 0.05) is 5.69 Å². The molecule has 0 bridgehead atoms. The van der Waals surface area contributed by atoms with Gasteiger partial charge >= 0.3 is 0 Å². The van der Waals surface area contributed by atoms with E-state index in [9.17, 15) is 0 Å². The number of nitrogen functional groups attached to an aromatic ring is 1. The molecule has 0 aliphatic heterocycles. The first kappa shape index (κ1) is 9.02. The number of benzene rings is 1. The second-order valence-corrected chi connectivity index (χ2v) is 3.67. The fraction of sp³-hybridized carbons (Fsp3) is 0.300. The van der Waals surface area contributed by atoms with Crippen molar-refractivity contribution in [3.63, 3.8) is 0 Å².